The lowest BCUT2D eigenvalue weighted by molar-refractivity contribution is -0.386. The third-order valence-corrected chi connectivity index (χ3v) is 3.30. The van der Waals surface area contributed by atoms with E-state index in [9.17, 15) is 19.7 Å². The molecule has 4 N–H and O–H groups in total. The summed E-state index contributed by atoms with van der Waals surface area (Å²) in [5, 5.41) is 20.5. The maximum Gasteiger partial charge on any atom is 0.346 e. The zero-order valence-electron chi connectivity index (χ0n) is 11.6. The van der Waals surface area contributed by atoms with Gasteiger partial charge in [0.25, 0.3) is 5.56 Å². The van der Waals surface area contributed by atoms with Crippen LogP contribution in [0.1, 0.15) is 11.1 Å². The van der Waals surface area contributed by atoms with Crippen LogP contribution in [-0.2, 0) is 0 Å². The Morgan fingerprint density at radius 3 is 2.67 bits per heavy atom. The summed E-state index contributed by atoms with van der Waals surface area (Å²) in [6, 6.07) is 0. The third-order valence-electron chi connectivity index (χ3n) is 3.01. The van der Waals surface area contributed by atoms with Gasteiger partial charge in [-0.15, -0.1) is 10.2 Å². The molecule has 0 aliphatic heterocycles. The van der Waals surface area contributed by atoms with Gasteiger partial charge in [0.15, 0.2) is 5.65 Å². The molecule has 3 rings (SSSR count). The lowest BCUT2D eigenvalue weighted by Gasteiger charge is -2.00. The Balaban J connectivity index is 2.26. The zero-order valence-corrected chi connectivity index (χ0v) is 12.3. The first kappa shape index (κ1) is 15.4. The van der Waals surface area contributed by atoms with Crippen LogP contribution in [0.3, 0.4) is 0 Å². The first-order valence-electron chi connectivity index (χ1n) is 6.22. The Morgan fingerprint density at radius 2 is 2.00 bits per heavy atom. The Labute approximate surface area is 135 Å². The summed E-state index contributed by atoms with van der Waals surface area (Å²) in [7, 11) is 0. The number of anilines is 1. The zero-order chi connectivity index (χ0) is 17.4. The molecule has 0 bridgehead atoms. The second-order valence-corrected chi connectivity index (χ2v) is 4.83. The van der Waals surface area contributed by atoms with Crippen LogP contribution >= 0.6 is 11.6 Å². The Kier molecular flexibility index (Phi) is 3.57. The molecule has 0 saturated carbocycles. The normalized spacial score (nSPS) is 11.4. The van der Waals surface area contributed by atoms with Crippen LogP contribution in [-0.4, -0.2) is 34.7 Å². The fourth-order valence-electron chi connectivity index (χ4n) is 2.01. The summed E-state index contributed by atoms with van der Waals surface area (Å²) in [4.78, 5) is 39.9. The maximum atomic E-state index is 11.9. The molecular formula is C11H7ClN8O4. The molecule has 0 aliphatic carbocycles. The van der Waals surface area contributed by atoms with Crippen molar-refractivity contribution in [1.29, 1.82) is 0 Å². The molecule has 0 amide bonds. The number of nitro groups is 1. The Hall–Kier alpha value is -3.54. The Bertz CT molecular complexity index is 1110. The minimum Gasteiger partial charge on any atom is -0.369 e. The molecule has 0 fully saturated rings. The predicted octanol–water partition coefficient (Wildman–Crippen LogP) is -0.185. The van der Waals surface area contributed by atoms with E-state index in [1.807, 2.05) is 0 Å². The van der Waals surface area contributed by atoms with Crippen molar-refractivity contribution in [2.45, 2.75) is 0 Å². The van der Waals surface area contributed by atoms with Gasteiger partial charge < -0.3 is 5.73 Å². The number of aromatic nitrogens is 6. The topological polar surface area (TPSA) is 178 Å². The Morgan fingerprint density at radius 1 is 1.29 bits per heavy atom. The number of H-pyrrole nitrogens is 2. The fraction of sp³-hybridized carbons (Fsp3) is 0. The number of rotatable bonds is 3. The van der Waals surface area contributed by atoms with E-state index >= 15 is 0 Å². The van der Waals surface area contributed by atoms with E-state index < -0.39 is 21.7 Å². The standard InChI is InChI=1S/C11H7ClN8O4/c12-7-5(9(21)16-11(13)15-7)2-1-4-6(20(23)24)10(22)18-19-3-14-17-8(4)19/h1-3H,(H,18,22)(H3,13,15,16,21). The molecular weight excluding hydrogens is 344 g/mol. The first-order valence-corrected chi connectivity index (χ1v) is 6.60. The van der Waals surface area contributed by atoms with Crippen LogP contribution in [0.4, 0.5) is 11.6 Å². The average molecular weight is 351 g/mol. The van der Waals surface area contributed by atoms with Crippen LogP contribution in [0, 0.1) is 10.1 Å². The van der Waals surface area contributed by atoms with Crippen LogP contribution in [0.25, 0.3) is 17.8 Å². The van der Waals surface area contributed by atoms with Gasteiger partial charge in [-0.3, -0.25) is 29.8 Å². The summed E-state index contributed by atoms with van der Waals surface area (Å²) in [5.74, 6) is -0.177. The smallest absolute Gasteiger partial charge is 0.346 e. The van der Waals surface area contributed by atoms with Gasteiger partial charge in [0, 0.05) is 0 Å². The number of nitrogens with zero attached hydrogens (tertiary/aromatic N) is 5. The maximum absolute atomic E-state index is 11.9. The summed E-state index contributed by atoms with van der Waals surface area (Å²) < 4.78 is 1.11. The number of nitrogens with two attached hydrogens (primary N) is 1. The molecule has 0 saturated heterocycles. The molecule has 0 spiro atoms. The van der Waals surface area contributed by atoms with Gasteiger partial charge in [0.2, 0.25) is 5.95 Å². The van der Waals surface area contributed by atoms with E-state index in [4.69, 9.17) is 17.3 Å². The first-order chi connectivity index (χ1) is 11.4. The number of nitrogens with one attached hydrogen (secondary N) is 2. The van der Waals surface area contributed by atoms with Crippen molar-refractivity contribution >= 4 is 41.0 Å². The number of hydrogen-bond acceptors (Lipinski definition) is 8. The van der Waals surface area contributed by atoms with Crippen molar-refractivity contribution in [3.63, 3.8) is 0 Å². The number of fused-ring (bicyclic) bond motifs is 1. The van der Waals surface area contributed by atoms with Crippen LogP contribution < -0.4 is 16.9 Å². The van der Waals surface area contributed by atoms with Crippen molar-refractivity contribution in [2.24, 2.45) is 0 Å². The fourth-order valence-corrected chi connectivity index (χ4v) is 2.25. The van der Waals surface area contributed by atoms with Crippen LogP contribution in [0.2, 0.25) is 5.15 Å². The van der Waals surface area contributed by atoms with Crippen molar-refractivity contribution in [3.8, 4) is 0 Å². The second-order valence-electron chi connectivity index (χ2n) is 4.47. The molecule has 0 radical (unpaired) electrons. The average Bonchev–Trinajstić information content (AvgIpc) is 2.93. The van der Waals surface area contributed by atoms with Crippen molar-refractivity contribution in [2.75, 3.05) is 5.73 Å². The van der Waals surface area contributed by atoms with E-state index in [0.717, 1.165) is 10.6 Å². The van der Waals surface area contributed by atoms with E-state index in [0.29, 0.717) is 0 Å². The highest BCUT2D eigenvalue weighted by Gasteiger charge is 2.22. The van der Waals surface area contributed by atoms with E-state index in [2.05, 4.69) is 25.3 Å². The molecule has 0 aromatic carbocycles. The summed E-state index contributed by atoms with van der Waals surface area (Å²) in [6.07, 6.45) is 3.50. The molecule has 13 heteroatoms. The summed E-state index contributed by atoms with van der Waals surface area (Å²) >= 11 is 5.83. The van der Waals surface area contributed by atoms with Crippen molar-refractivity contribution < 1.29 is 4.92 Å². The molecule has 3 aromatic heterocycles. The van der Waals surface area contributed by atoms with Crippen LogP contribution in [0.5, 0.6) is 0 Å². The van der Waals surface area contributed by atoms with Crippen molar-refractivity contribution in [3.05, 3.63) is 53.4 Å². The lowest BCUT2D eigenvalue weighted by Crippen LogP contribution is -2.17. The molecule has 122 valence electrons. The van der Waals surface area contributed by atoms with Gasteiger partial charge in [-0.2, -0.15) is 0 Å². The number of hydrogen-bond donors (Lipinski definition) is 3. The minimum absolute atomic E-state index is 0.0218. The van der Waals surface area contributed by atoms with E-state index in [1.54, 1.807) is 0 Å². The van der Waals surface area contributed by atoms with Gasteiger partial charge in [0.1, 0.15) is 17.0 Å². The van der Waals surface area contributed by atoms with Gasteiger partial charge >= 0.3 is 11.2 Å². The van der Waals surface area contributed by atoms with Gasteiger partial charge in [-0.1, -0.05) is 11.6 Å². The monoisotopic (exact) mass is 350 g/mol. The molecule has 3 aromatic rings. The van der Waals surface area contributed by atoms with E-state index in [1.165, 1.54) is 12.4 Å². The highest BCUT2D eigenvalue weighted by molar-refractivity contribution is 6.31. The highest BCUT2D eigenvalue weighted by atomic mass is 35.5. The van der Waals surface area contributed by atoms with Gasteiger partial charge in [-0.25, -0.2) is 9.50 Å². The molecule has 0 aliphatic rings. The molecule has 0 atom stereocenters. The molecule has 24 heavy (non-hydrogen) atoms. The third kappa shape index (κ3) is 2.50. The van der Waals surface area contributed by atoms with Gasteiger partial charge in [-0.05, 0) is 12.2 Å². The quantitative estimate of drug-likeness (QED) is 0.330. The van der Waals surface area contributed by atoms with Crippen molar-refractivity contribution in [1.82, 2.24) is 29.8 Å². The summed E-state index contributed by atoms with van der Waals surface area (Å²) in [6.45, 7) is 0. The van der Waals surface area contributed by atoms with E-state index in [-0.39, 0.29) is 27.9 Å². The summed E-state index contributed by atoms with van der Waals surface area (Å²) in [5.41, 5.74) is 2.79. The largest absolute Gasteiger partial charge is 0.369 e. The molecule has 0 unspecified atom stereocenters. The van der Waals surface area contributed by atoms with Gasteiger partial charge in [0.05, 0.1) is 10.5 Å². The minimum atomic E-state index is -0.956. The number of halogens is 1. The lowest BCUT2D eigenvalue weighted by atomic mass is 10.2. The number of nitrogen functional groups attached to an aromatic ring is 1. The highest BCUT2D eigenvalue weighted by Crippen LogP contribution is 2.20. The molecule has 12 nitrogen and oxygen atoms in total. The second kappa shape index (κ2) is 5.58. The predicted molar refractivity (Wildman–Crippen MR) is 83.5 cm³/mol. The number of aromatic amines is 2. The van der Waals surface area contributed by atoms with Crippen LogP contribution in [0.15, 0.2) is 15.9 Å². The molecule has 3 heterocycles. The SMILES string of the molecule is Nc1nc(Cl)c(C=Cc2c([N+](=O)[O-])c(=O)[nH]n3cnnc23)c(=O)[nH]1.